The van der Waals surface area contributed by atoms with E-state index in [1.807, 2.05) is 0 Å². The highest BCUT2D eigenvalue weighted by Gasteiger charge is 2.46. The van der Waals surface area contributed by atoms with Crippen LogP contribution in [0.4, 0.5) is 39.5 Å². The van der Waals surface area contributed by atoms with Gasteiger partial charge in [-0.1, -0.05) is 24.3 Å². The molecule has 13 heteroatoms. The van der Waals surface area contributed by atoms with Crippen LogP contribution in [0, 0.1) is 5.92 Å². The summed E-state index contributed by atoms with van der Waals surface area (Å²) in [6.45, 7) is 0. The predicted molar refractivity (Wildman–Crippen MR) is 104 cm³/mol. The Morgan fingerprint density at radius 2 is 1.20 bits per heavy atom. The van der Waals surface area contributed by atoms with E-state index in [1.165, 1.54) is 0 Å². The van der Waals surface area contributed by atoms with Gasteiger partial charge in [0.1, 0.15) is 12.0 Å². The maximum Gasteiger partial charge on any atom is 0.416 e. The SMILES string of the molecule is O=C(NC(c1ccc(C(F)(F)F)cc1)c1ccc(C(F)(F)F)cc1)C1CCC(C(F)(F)F)NC1=O. The van der Waals surface area contributed by atoms with Gasteiger partial charge in [0.05, 0.1) is 17.2 Å². The molecule has 0 bridgehead atoms. The summed E-state index contributed by atoms with van der Waals surface area (Å²) in [6.07, 6.45) is -15.1. The third kappa shape index (κ3) is 6.25. The molecule has 2 atom stereocenters. The monoisotopic (exact) mass is 512 g/mol. The number of benzene rings is 2. The van der Waals surface area contributed by atoms with Gasteiger partial charge < -0.3 is 10.6 Å². The summed E-state index contributed by atoms with van der Waals surface area (Å²) in [5, 5.41) is 4.09. The fourth-order valence-electron chi connectivity index (χ4n) is 3.64. The van der Waals surface area contributed by atoms with E-state index in [0.717, 1.165) is 24.3 Å². The Labute approximate surface area is 192 Å². The molecule has 35 heavy (non-hydrogen) atoms. The van der Waals surface area contributed by atoms with Gasteiger partial charge in [-0.2, -0.15) is 39.5 Å². The Morgan fingerprint density at radius 1 is 0.771 bits per heavy atom. The highest BCUT2D eigenvalue weighted by atomic mass is 19.4. The normalized spacial score (nSPS) is 19.4. The average molecular weight is 512 g/mol. The first-order valence-electron chi connectivity index (χ1n) is 10.1. The second-order valence-corrected chi connectivity index (χ2v) is 7.91. The van der Waals surface area contributed by atoms with E-state index < -0.39 is 72.3 Å². The third-order valence-electron chi connectivity index (χ3n) is 5.52. The number of carbonyl (C=O) groups excluding carboxylic acids is 2. The first kappa shape index (κ1) is 26.4. The molecular weight excluding hydrogens is 495 g/mol. The molecule has 2 amide bonds. The minimum absolute atomic E-state index is 0.0514. The number of carbonyl (C=O) groups is 2. The van der Waals surface area contributed by atoms with Crippen LogP contribution < -0.4 is 10.6 Å². The van der Waals surface area contributed by atoms with Gasteiger partial charge in [-0.15, -0.1) is 0 Å². The lowest BCUT2D eigenvalue weighted by atomic mass is 9.91. The number of halogens is 9. The predicted octanol–water partition coefficient (Wildman–Crippen LogP) is 5.39. The molecule has 0 aromatic heterocycles. The molecule has 3 rings (SSSR count). The van der Waals surface area contributed by atoms with Crippen LogP contribution in [0.25, 0.3) is 0 Å². The molecule has 4 nitrogen and oxygen atoms in total. The molecule has 2 aromatic rings. The molecule has 1 fully saturated rings. The number of rotatable bonds is 4. The van der Waals surface area contributed by atoms with E-state index in [9.17, 15) is 49.1 Å². The van der Waals surface area contributed by atoms with E-state index in [-0.39, 0.29) is 11.1 Å². The van der Waals surface area contributed by atoms with E-state index >= 15 is 0 Å². The maximum absolute atomic E-state index is 12.9. The largest absolute Gasteiger partial charge is 0.416 e. The minimum Gasteiger partial charge on any atom is -0.344 e. The van der Waals surface area contributed by atoms with E-state index in [2.05, 4.69) is 5.32 Å². The lowest BCUT2D eigenvalue weighted by molar-refractivity contribution is -0.171. The van der Waals surface area contributed by atoms with Gasteiger partial charge in [0.2, 0.25) is 11.8 Å². The Bertz CT molecular complexity index is 1000. The van der Waals surface area contributed by atoms with Crippen LogP contribution in [0.1, 0.15) is 41.1 Å². The summed E-state index contributed by atoms with van der Waals surface area (Å²) in [7, 11) is 0. The molecule has 1 aliphatic rings. The summed E-state index contributed by atoms with van der Waals surface area (Å²) in [4.78, 5) is 24.9. The first-order valence-corrected chi connectivity index (χ1v) is 10.1. The van der Waals surface area contributed by atoms with E-state index in [1.54, 1.807) is 5.32 Å². The summed E-state index contributed by atoms with van der Waals surface area (Å²) in [5.74, 6) is -3.73. The van der Waals surface area contributed by atoms with Crippen molar-refractivity contribution in [1.82, 2.24) is 10.6 Å². The molecule has 0 radical (unpaired) electrons. The van der Waals surface area contributed by atoms with Gasteiger partial charge in [0, 0.05) is 0 Å². The van der Waals surface area contributed by atoms with Crippen molar-refractivity contribution in [1.29, 1.82) is 0 Å². The van der Waals surface area contributed by atoms with Crippen molar-refractivity contribution >= 4 is 11.8 Å². The molecule has 0 spiro atoms. The molecular formula is C22H17F9N2O2. The molecule has 1 heterocycles. The number of piperidine rings is 1. The van der Waals surface area contributed by atoms with Crippen molar-refractivity contribution in [2.45, 2.75) is 43.5 Å². The maximum atomic E-state index is 12.9. The van der Waals surface area contributed by atoms with Gasteiger partial charge >= 0.3 is 18.5 Å². The summed E-state index contributed by atoms with van der Waals surface area (Å²) < 4.78 is 116. The lowest BCUT2D eigenvalue weighted by Crippen LogP contribution is -2.54. The summed E-state index contributed by atoms with van der Waals surface area (Å²) in [5.41, 5.74) is -1.92. The molecule has 2 unspecified atom stereocenters. The standard InChI is InChI=1S/C22H17F9N2O2/c23-20(24,25)13-5-1-11(2-6-13)17(12-3-7-14(8-4-12)21(26,27)28)33-19(35)15-9-10-16(22(29,30)31)32-18(15)34/h1-8,15-17H,9-10H2,(H,32,34)(H,33,35). The molecule has 0 saturated carbocycles. The molecule has 1 saturated heterocycles. The smallest absolute Gasteiger partial charge is 0.344 e. The molecule has 2 aromatic carbocycles. The number of hydrogen-bond donors (Lipinski definition) is 2. The van der Waals surface area contributed by atoms with Crippen molar-refractivity contribution in [2.24, 2.45) is 5.92 Å². The van der Waals surface area contributed by atoms with Crippen molar-refractivity contribution in [3.8, 4) is 0 Å². The first-order chi connectivity index (χ1) is 16.1. The van der Waals surface area contributed by atoms with Crippen LogP contribution in [0.3, 0.4) is 0 Å². The van der Waals surface area contributed by atoms with Crippen molar-refractivity contribution in [3.05, 3.63) is 70.8 Å². The fraction of sp³-hybridized carbons (Fsp3) is 0.364. The molecule has 1 aliphatic heterocycles. The Morgan fingerprint density at radius 3 is 1.54 bits per heavy atom. The van der Waals surface area contributed by atoms with Crippen molar-refractivity contribution in [2.75, 3.05) is 0 Å². The highest BCUT2D eigenvalue weighted by molar-refractivity contribution is 6.01. The Balaban J connectivity index is 1.89. The zero-order valence-electron chi connectivity index (χ0n) is 17.5. The quantitative estimate of drug-likeness (QED) is 0.427. The fourth-order valence-corrected chi connectivity index (χ4v) is 3.64. The number of amides is 2. The summed E-state index contributed by atoms with van der Waals surface area (Å²) >= 11 is 0. The van der Waals surface area contributed by atoms with Gasteiger partial charge in [0.25, 0.3) is 0 Å². The highest BCUT2D eigenvalue weighted by Crippen LogP contribution is 2.34. The van der Waals surface area contributed by atoms with Gasteiger partial charge in [-0.3, -0.25) is 9.59 Å². The van der Waals surface area contributed by atoms with Crippen LogP contribution in [0.15, 0.2) is 48.5 Å². The number of alkyl halides is 9. The molecule has 0 aliphatic carbocycles. The van der Waals surface area contributed by atoms with Gasteiger partial charge in [0.15, 0.2) is 0 Å². The minimum atomic E-state index is -4.71. The van der Waals surface area contributed by atoms with Crippen LogP contribution in [0.2, 0.25) is 0 Å². The number of hydrogen-bond acceptors (Lipinski definition) is 2. The van der Waals surface area contributed by atoms with Gasteiger partial charge in [-0.05, 0) is 48.2 Å². The average Bonchev–Trinajstić information content (AvgIpc) is 2.75. The molecule has 190 valence electrons. The van der Waals surface area contributed by atoms with Crippen molar-refractivity contribution in [3.63, 3.8) is 0 Å². The lowest BCUT2D eigenvalue weighted by Gasteiger charge is -2.31. The Hall–Kier alpha value is -3.25. The van der Waals surface area contributed by atoms with Crippen LogP contribution in [-0.2, 0) is 21.9 Å². The summed E-state index contributed by atoms with van der Waals surface area (Å²) in [6, 6.07) is 3.45. The second kappa shape index (κ2) is 9.42. The zero-order chi connectivity index (χ0) is 26.2. The second-order valence-electron chi connectivity index (χ2n) is 7.91. The number of nitrogens with one attached hydrogen (secondary N) is 2. The molecule has 2 N–H and O–H groups in total. The van der Waals surface area contributed by atoms with Crippen LogP contribution in [-0.4, -0.2) is 24.0 Å². The van der Waals surface area contributed by atoms with Crippen LogP contribution >= 0.6 is 0 Å². The van der Waals surface area contributed by atoms with Crippen LogP contribution in [0.5, 0.6) is 0 Å². The Kier molecular flexibility index (Phi) is 7.09. The van der Waals surface area contributed by atoms with E-state index in [0.29, 0.717) is 24.3 Å². The van der Waals surface area contributed by atoms with Gasteiger partial charge in [-0.25, -0.2) is 0 Å². The topological polar surface area (TPSA) is 58.2 Å². The zero-order valence-corrected chi connectivity index (χ0v) is 17.5. The van der Waals surface area contributed by atoms with E-state index in [4.69, 9.17) is 0 Å². The van der Waals surface area contributed by atoms with Crippen molar-refractivity contribution < 1.29 is 49.1 Å². The third-order valence-corrected chi connectivity index (χ3v) is 5.52.